The van der Waals surface area contributed by atoms with E-state index in [4.69, 9.17) is 0 Å². The molecule has 0 spiro atoms. The summed E-state index contributed by atoms with van der Waals surface area (Å²) in [5.41, 5.74) is 2.34. The quantitative estimate of drug-likeness (QED) is 0.871. The van der Waals surface area contributed by atoms with Gasteiger partial charge in [0.15, 0.2) is 0 Å². The molecule has 2 aromatic heterocycles. The van der Waals surface area contributed by atoms with Gasteiger partial charge >= 0.3 is 0 Å². The van der Waals surface area contributed by atoms with E-state index in [1.54, 1.807) is 24.7 Å². The zero-order valence-corrected chi connectivity index (χ0v) is 9.55. The van der Waals surface area contributed by atoms with Crippen LogP contribution in [0.15, 0.2) is 42.9 Å². The third-order valence-corrected chi connectivity index (χ3v) is 2.32. The largest absolute Gasteiger partial charge is 0.351 e. The second-order valence-electron chi connectivity index (χ2n) is 3.53. The summed E-state index contributed by atoms with van der Waals surface area (Å²) in [5, 5.41) is 2.72. The Labute approximate surface area is 99.7 Å². The van der Waals surface area contributed by atoms with Crippen LogP contribution in [0.5, 0.6) is 0 Å². The van der Waals surface area contributed by atoms with Gasteiger partial charge in [0.2, 0.25) is 0 Å². The molecule has 0 atom stereocenters. The zero-order chi connectivity index (χ0) is 12.1. The third-order valence-electron chi connectivity index (χ3n) is 2.32. The Morgan fingerprint density at radius 3 is 2.88 bits per heavy atom. The summed E-state index contributed by atoms with van der Waals surface area (Å²) in [6.45, 7) is 2.47. The number of carbonyl (C=O) groups excluding carboxylic acids is 1. The van der Waals surface area contributed by atoms with E-state index in [0.29, 0.717) is 12.2 Å². The van der Waals surface area contributed by atoms with Crippen LogP contribution in [-0.4, -0.2) is 22.4 Å². The van der Waals surface area contributed by atoms with E-state index in [1.807, 2.05) is 25.1 Å². The Hall–Kier alpha value is -2.23. The van der Waals surface area contributed by atoms with E-state index in [1.165, 1.54) is 0 Å². The average Bonchev–Trinajstić information content (AvgIpc) is 2.40. The van der Waals surface area contributed by atoms with Gasteiger partial charge in [-0.1, -0.05) is 6.07 Å². The second-order valence-corrected chi connectivity index (χ2v) is 3.53. The fourth-order valence-electron chi connectivity index (χ4n) is 1.52. The highest BCUT2D eigenvalue weighted by atomic mass is 16.1. The van der Waals surface area contributed by atoms with Crippen molar-refractivity contribution in [2.45, 2.75) is 6.92 Å². The Morgan fingerprint density at radius 1 is 1.29 bits per heavy atom. The second kappa shape index (κ2) is 5.21. The molecule has 1 N–H and O–H groups in total. The van der Waals surface area contributed by atoms with Gasteiger partial charge in [-0.05, 0) is 30.7 Å². The molecule has 0 radical (unpaired) electrons. The first kappa shape index (κ1) is 11.3. The standard InChI is InChI=1S/C13H13N3O/c1-2-15-13(17)12-8-10(5-7-16-12)11-4-3-6-14-9-11/h3-9H,2H2,1H3,(H,15,17). The number of hydrogen-bond donors (Lipinski definition) is 1. The van der Waals surface area contributed by atoms with Crippen molar-refractivity contribution in [2.24, 2.45) is 0 Å². The van der Waals surface area contributed by atoms with Crippen LogP contribution in [0.2, 0.25) is 0 Å². The van der Waals surface area contributed by atoms with Crippen molar-refractivity contribution in [1.82, 2.24) is 15.3 Å². The molecule has 2 rings (SSSR count). The molecule has 0 unspecified atom stereocenters. The van der Waals surface area contributed by atoms with Gasteiger partial charge in [-0.3, -0.25) is 14.8 Å². The molecule has 0 aliphatic rings. The van der Waals surface area contributed by atoms with Crippen LogP contribution in [0.25, 0.3) is 11.1 Å². The van der Waals surface area contributed by atoms with Gasteiger partial charge < -0.3 is 5.32 Å². The maximum atomic E-state index is 11.6. The maximum absolute atomic E-state index is 11.6. The topological polar surface area (TPSA) is 54.9 Å². The zero-order valence-electron chi connectivity index (χ0n) is 9.55. The van der Waals surface area contributed by atoms with Gasteiger partial charge in [-0.15, -0.1) is 0 Å². The van der Waals surface area contributed by atoms with Gasteiger partial charge in [-0.2, -0.15) is 0 Å². The van der Waals surface area contributed by atoms with E-state index >= 15 is 0 Å². The highest BCUT2D eigenvalue weighted by molar-refractivity contribution is 5.93. The van der Waals surface area contributed by atoms with Crippen molar-refractivity contribution in [2.75, 3.05) is 6.54 Å². The molecule has 0 aliphatic heterocycles. The van der Waals surface area contributed by atoms with Crippen molar-refractivity contribution < 1.29 is 4.79 Å². The van der Waals surface area contributed by atoms with Gasteiger partial charge in [0.1, 0.15) is 5.69 Å². The normalized spacial score (nSPS) is 9.94. The molecule has 0 fully saturated rings. The van der Waals surface area contributed by atoms with Gasteiger partial charge in [0.05, 0.1) is 0 Å². The molecule has 0 aromatic carbocycles. The van der Waals surface area contributed by atoms with E-state index < -0.39 is 0 Å². The Bertz CT molecular complexity index is 511. The lowest BCUT2D eigenvalue weighted by atomic mass is 10.1. The first-order chi connectivity index (χ1) is 8.31. The van der Waals surface area contributed by atoms with Crippen LogP contribution >= 0.6 is 0 Å². The molecule has 1 amide bonds. The lowest BCUT2D eigenvalue weighted by Crippen LogP contribution is -2.23. The Kier molecular flexibility index (Phi) is 3.45. The van der Waals surface area contributed by atoms with Crippen LogP contribution in [0.4, 0.5) is 0 Å². The van der Waals surface area contributed by atoms with Crippen molar-refractivity contribution in [1.29, 1.82) is 0 Å². The number of rotatable bonds is 3. The number of nitrogens with zero attached hydrogens (tertiary/aromatic N) is 2. The van der Waals surface area contributed by atoms with E-state index in [9.17, 15) is 4.79 Å². The van der Waals surface area contributed by atoms with E-state index in [0.717, 1.165) is 11.1 Å². The molecule has 0 bridgehead atoms. The lowest BCUT2D eigenvalue weighted by molar-refractivity contribution is 0.0951. The molecule has 0 saturated carbocycles. The summed E-state index contributed by atoms with van der Waals surface area (Å²) in [4.78, 5) is 19.7. The van der Waals surface area contributed by atoms with Crippen molar-refractivity contribution in [3.05, 3.63) is 48.5 Å². The molecule has 17 heavy (non-hydrogen) atoms. The number of amides is 1. The fourth-order valence-corrected chi connectivity index (χ4v) is 1.52. The Morgan fingerprint density at radius 2 is 2.18 bits per heavy atom. The summed E-state index contributed by atoms with van der Waals surface area (Å²) in [7, 11) is 0. The molecule has 86 valence electrons. The summed E-state index contributed by atoms with van der Waals surface area (Å²) in [6, 6.07) is 7.44. The minimum atomic E-state index is -0.154. The van der Waals surface area contributed by atoms with Crippen LogP contribution in [0, 0.1) is 0 Å². The first-order valence-electron chi connectivity index (χ1n) is 5.46. The summed E-state index contributed by atoms with van der Waals surface area (Å²) < 4.78 is 0. The molecular formula is C13H13N3O. The highest BCUT2D eigenvalue weighted by Crippen LogP contribution is 2.17. The van der Waals surface area contributed by atoms with Crippen molar-refractivity contribution >= 4 is 5.91 Å². The number of pyridine rings is 2. The molecule has 0 aliphatic carbocycles. The van der Waals surface area contributed by atoms with Crippen LogP contribution in [-0.2, 0) is 0 Å². The third kappa shape index (κ3) is 2.66. The lowest BCUT2D eigenvalue weighted by Gasteiger charge is -2.04. The predicted octanol–water partition coefficient (Wildman–Crippen LogP) is 1.89. The molecule has 2 aromatic rings. The monoisotopic (exact) mass is 227 g/mol. The average molecular weight is 227 g/mol. The predicted molar refractivity (Wildman–Crippen MR) is 65.5 cm³/mol. The van der Waals surface area contributed by atoms with E-state index in [2.05, 4.69) is 15.3 Å². The fraction of sp³-hybridized carbons (Fsp3) is 0.154. The van der Waals surface area contributed by atoms with Gasteiger partial charge in [-0.25, -0.2) is 0 Å². The van der Waals surface area contributed by atoms with Gasteiger partial charge in [0.25, 0.3) is 5.91 Å². The van der Waals surface area contributed by atoms with E-state index in [-0.39, 0.29) is 5.91 Å². The van der Waals surface area contributed by atoms with Crippen molar-refractivity contribution in [3.63, 3.8) is 0 Å². The minimum absolute atomic E-state index is 0.154. The first-order valence-corrected chi connectivity index (χ1v) is 5.46. The smallest absolute Gasteiger partial charge is 0.269 e. The van der Waals surface area contributed by atoms with Crippen LogP contribution in [0.3, 0.4) is 0 Å². The van der Waals surface area contributed by atoms with Crippen LogP contribution in [0.1, 0.15) is 17.4 Å². The number of nitrogens with one attached hydrogen (secondary N) is 1. The summed E-state index contributed by atoms with van der Waals surface area (Å²) in [6.07, 6.45) is 5.11. The maximum Gasteiger partial charge on any atom is 0.269 e. The number of carbonyl (C=O) groups is 1. The summed E-state index contributed by atoms with van der Waals surface area (Å²) >= 11 is 0. The Balaban J connectivity index is 2.32. The number of hydrogen-bond acceptors (Lipinski definition) is 3. The number of aromatic nitrogens is 2. The van der Waals surface area contributed by atoms with Crippen LogP contribution < -0.4 is 5.32 Å². The molecule has 4 heteroatoms. The molecule has 4 nitrogen and oxygen atoms in total. The van der Waals surface area contributed by atoms with Gasteiger partial charge in [0, 0.05) is 30.7 Å². The SMILES string of the molecule is CCNC(=O)c1cc(-c2cccnc2)ccn1. The molecule has 0 saturated heterocycles. The van der Waals surface area contributed by atoms with Crippen molar-refractivity contribution in [3.8, 4) is 11.1 Å². The summed E-state index contributed by atoms with van der Waals surface area (Å²) in [5.74, 6) is -0.154. The molecule has 2 heterocycles. The minimum Gasteiger partial charge on any atom is -0.351 e. The molecular weight excluding hydrogens is 214 g/mol. The highest BCUT2D eigenvalue weighted by Gasteiger charge is 2.07.